The molecule has 1 aliphatic carbocycles. The number of amides is 1. The van der Waals surface area contributed by atoms with Gasteiger partial charge >= 0.3 is 0 Å². The molecule has 0 radical (unpaired) electrons. The van der Waals surface area contributed by atoms with Crippen molar-refractivity contribution in [3.05, 3.63) is 33.9 Å². The number of hydrogen-bond donors (Lipinski definition) is 2. The summed E-state index contributed by atoms with van der Waals surface area (Å²) in [7, 11) is 0. The van der Waals surface area contributed by atoms with E-state index in [4.69, 9.17) is 5.73 Å². The van der Waals surface area contributed by atoms with Crippen molar-refractivity contribution in [2.24, 2.45) is 0 Å². The van der Waals surface area contributed by atoms with Crippen LogP contribution in [0.4, 0.5) is 11.4 Å². The van der Waals surface area contributed by atoms with Crippen LogP contribution in [0.15, 0.2) is 18.2 Å². The SMILES string of the molecule is CSC1CCCCC1NC(=O)c1cc(N)ccc1[N+](=O)[O-]. The number of carbonyl (C=O) groups is 1. The molecule has 0 heterocycles. The van der Waals surface area contributed by atoms with Crippen LogP contribution in [0.25, 0.3) is 0 Å². The average molecular weight is 309 g/mol. The molecule has 0 spiro atoms. The molecular weight excluding hydrogens is 290 g/mol. The largest absolute Gasteiger partial charge is 0.399 e. The number of nitro groups is 1. The Morgan fingerprint density at radius 3 is 2.81 bits per heavy atom. The summed E-state index contributed by atoms with van der Waals surface area (Å²) >= 11 is 1.73. The quantitative estimate of drug-likeness (QED) is 0.506. The van der Waals surface area contributed by atoms with Crippen molar-refractivity contribution in [2.75, 3.05) is 12.0 Å². The Balaban J connectivity index is 2.19. The Labute approximate surface area is 127 Å². The van der Waals surface area contributed by atoms with Gasteiger partial charge in [-0.15, -0.1) is 0 Å². The number of thioether (sulfide) groups is 1. The molecule has 1 aromatic rings. The lowest BCUT2D eigenvalue weighted by Crippen LogP contribution is -2.43. The minimum Gasteiger partial charge on any atom is -0.399 e. The van der Waals surface area contributed by atoms with E-state index in [9.17, 15) is 14.9 Å². The van der Waals surface area contributed by atoms with Crippen molar-refractivity contribution >= 4 is 29.0 Å². The Kier molecular flexibility index (Phi) is 5.06. The zero-order valence-corrected chi connectivity index (χ0v) is 12.7. The van der Waals surface area contributed by atoms with E-state index < -0.39 is 10.8 Å². The van der Waals surface area contributed by atoms with E-state index in [1.807, 2.05) is 6.26 Å². The summed E-state index contributed by atoms with van der Waals surface area (Å²) in [5.74, 6) is -0.417. The second-order valence-corrected chi connectivity index (χ2v) is 6.25. The van der Waals surface area contributed by atoms with Crippen LogP contribution < -0.4 is 11.1 Å². The molecule has 114 valence electrons. The molecule has 2 rings (SSSR count). The fraction of sp³-hybridized carbons (Fsp3) is 0.500. The van der Waals surface area contributed by atoms with E-state index in [-0.39, 0.29) is 17.3 Å². The summed E-state index contributed by atoms with van der Waals surface area (Å²) in [4.78, 5) is 22.8. The number of nitrogen functional groups attached to an aromatic ring is 1. The number of nitro benzene ring substituents is 1. The van der Waals surface area contributed by atoms with E-state index >= 15 is 0 Å². The molecule has 1 aliphatic rings. The number of nitrogens with zero attached hydrogens (tertiary/aromatic N) is 1. The predicted octanol–water partition coefficient (Wildman–Crippen LogP) is 2.58. The third kappa shape index (κ3) is 3.66. The van der Waals surface area contributed by atoms with Gasteiger partial charge in [0.25, 0.3) is 11.6 Å². The second-order valence-electron chi connectivity index (χ2n) is 5.17. The number of rotatable bonds is 4. The van der Waals surface area contributed by atoms with E-state index in [1.165, 1.54) is 18.2 Å². The van der Waals surface area contributed by atoms with E-state index in [0.717, 1.165) is 25.7 Å². The summed E-state index contributed by atoms with van der Waals surface area (Å²) in [5, 5.41) is 14.3. The van der Waals surface area contributed by atoms with E-state index in [0.29, 0.717) is 10.9 Å². The van der Waals surface area contributed by atoms with Crippen LogP contribution >= 0.6 is 11.8 Å². The molecule has 1 amide bonds. The fourth-order valence-electron chi connectivity index (χ4n) is 2.68. The summed E-state index contributed by atoms with van der Waals surface area (Å²) in [6.45, 7) is 0. The normalized spacial score (nSPS) is 21.8. The number of nitrogens with two attached hydrogens (primary N) is 1. The van der Waals surface area contributed by atoms with Crippen molar-refractivity contribution in [3.8, 4) is 0 Å². The van der Waals surface area contributed by atoms with Gasteiger partial charge in [-0.2, -0.15) is 11.8 Å². The zero-order valence-electron chi connectivity index (χ0n) is 11.9. The highest BCUT2D eigenvalue weighted by atomic mass is 32.2. The summed E-state index contributed by atoms with van der Waals surface area (Å²) in [5.41, 5.74) is 5.81. The Morgan fingerprint density at radius 1 is 1.43 bits per heavy atom. The van der Waals surface area contributed by atoms with Gasteiger partial charge in [-0.25, -0.2) is 0 Å². The molecule has 21 heavy (non-hydrogen) atoms. The van der Waals surface area contributed by atoms with Gasteiger partial charge < -0.3 is 11.1 Å². The maximum absolute atomic E-state index is 12.4. The minimum absolute atomic E-state index is 0.0328. The van der Waals surface area contributed by atoms with Gasteiger partial charge in [0.15, 0.2) is 0 Å². The number of anilines is 1. The summed E-state index contributed by atoms with van der Waals surface area (Å²) in [6.07, 6.45) is 6.23. The van der Waals surface area contributed by atoms with Gasteiger partial charge in [0.2, 0.25) is 0 Å². The Morgan fingerprint density at radius 2 is 2.14 bits per heavy atom. The van der Waals surface area contributed by atoms with Crippen LogP contribution in [0.5, 0.6) is 0 Å². The maximum atomic E-state index is 12.4. The highest BCUT2D eigenvalue weighted by Crippen LogP contribution is 2.28. The second kappa shape index (κ2) is 6.80. The molecule has 0 saturated heterocycles. The van der Waals surface area contributed by atoms with Gasteiger partial charge in [0.1, 0.15) is 5.56 Å². The first-order chi connectivity index (χ1) is 10.0. The standard InChI is InChI=1S/C14H19N3O3S/c1-21-13-5-3-2-4-11(13)16-14(18)10-8-9(15)6-7-12(10)17(19)20/h6-8,11,13H,2-5,15H2,1H3,(H,16,18). The molecule has 3 N–H and O–H groups in total. The molecule has 0 aliphatic heterocycles. The average Bonchev–Trinajstić information content (AvgIpc) is 2.47. The lowest BCUT2D eigenvalue weighted by atomic mass is 9.94. The molecule has 7 heteroatoms. The van der Waals surface area contributed by atoms with E-state index in [1.54, 1.807) is 11.8 Å². The first-order valence-electron chi connectivity index (χ1n) is 6.90. The summed E-state index contributed by atoms with van der Waals surface area (Å²) < 4.78 is 0. The topological polar surface area (TPSA) is 98.3 Å². The Hall–Kier alpha value is -1.76. The molecule has 0 aromatic heterocycles. The van der Waals surface area contributed by atoms with Gasteiger partial charge in [-0.1, -0.05) is 12.8 Å². The highest BCUT2D eigenvalue weighted by Gasteiger charge is 2.28. The van der Waals surface area contributed by atoms with E-state index in [2.05, 4.69) is 5.32 Å². The summed E-state index contributed by atoms with van der Waals surface area (Å²) in [6, 6.07) is 4.13. The third-order valence-corrected chi connectivity index (χ3v) is 4.95. The van der Waals surface area contributed by atoms with Crippen molar-refractivity contribution in [2.45, 2.75) is 37.0 Å². The highest BCUT2D eigenvalue weighted by molar-refractivity contribution is 7.99. The van der Waals surface area contributed by atoms with Crippen molar-refractivity contribution in [1.82, 2.24) is 5.32 Å². The fourth-order valence-corrected chi connectivity index (χ4v) is 3.62. The van der Waals surface area contributed by atoms with Crippen molar-refractivity contribution < 1.29 is 9.72 Å². The molecule has 6 nitrogen and oxygen atoms in total. The van der Waals surface area contributed by atoms with Gasteiger partial charge in [0, 0.05) is 23.0 Å². The lowest BCUT2D eigenvalue weighted by molar-refractivity contribution is -0.385. The number of nitrogens with one attached hydrogen (secondary N) is 1. The van der Waals surface area contributed by atoms with Crippen LogP contribution in [-0.4, -0.2) is 28.4 Å². The molecule has 1 aromatic carbocycles. The van der Waals surface area contributed by atoms with Crippen molar-refractivity contribution in [1.29, 1.82) is 0 Å². The number of carbonyl (C=O) groups excluding carboxylic acids is 1. The van der Waals surface area contributed by atoms with Crippen LogP contribution in [0.1, 0.15) is 36.0 Å². The predicted molar refractivity (Wildman–Crippen MR) is 84.5 cm³/mol. The number of hydrogen-bond acceptors (Lipinski definition) is 5. The molecule has 2 atom stereocenters. The lowest BCUT2D eigenvalue weighted by Gasteiger charge is -2.30. The molecular formula is C14H19N3O3S. The smallest absolute Gasteiger partial charge is 0.282 e. The van der Waals surface area contributed by atoms with Crippen LogP contribution in [0.3, 0.4) is 0 Å². The van der Waals surface area contributed by atoms with Crippen LogP contribution in [0, 0.1) is 10.1 Å². The monoisotopic (exact) mass is 309 g/mol. The first kappa shape index (κ1) is 15.6. The van der Waals surface area contributed by atoms with Crippen molar-refractivity contribution in [3.63, 3.8) is 0 Å². The molecule has 2 unspecified atom stereocenters. The number of benzene rings is 1. The van der Waals surface area contributed by atoms with Gasteiger partial charge in [-0.3, -0.25) is 14.9 Å². The van der Waals surface area contributed by atoms with Gasteiger partial charge in [-0.05, 0) is 31.2 Å². The minimum atomic E-state index is -0.554. The van der Waals surface area contributed by atoms with Gasteiger partial charge in [0.05, 0.1) is 4.92 Å². The molecule has 0 bridgehead atoms. The zero-order chi connectivity index (χ0) is 15.4. The third-order valence-electron chi connectivity index (χ3n) is 3.78. The molecule has 1 saturated carbocycles. The Bertz CT molecular complexity index is 550. The maximum Gasteiger partial charge on any atom is 0.282 e. The first-order valence-corrected chi connectivity index (χ1v) is 8.19. The van der Waals surface area contributed by atoms with Crippen LogP contribution in [-0.2, 0) is 0 Å². The molecule has 1 fully saturated rings. The van der Waals surface area contributed by atoms with Crippen LogP contribution in [0.2, 0.25) is 0 Å².